The summed E-state index contributed by atoms with van der Waals surface area (Å²) in [5.41, 5.74) is 0. The van der Waals surface area contributed by atoms with Crippen molar-refractivity contribution in [2.45, 2.75) is 38.6 Å². The molecule has 2 heteroatoms. The lowest BCUT2D eigenvalue weighted by Gasteiger charge is -2.21. The first kappa shape index (κ1) is 7.56. The SMILES string of the molecule is C[C@@H]1CC[C@H](N2CCCO2)C1. The van der Waals surface area contributed by atoms with E-state index < -0.39 is 0 Å². The third kappa shape index (κ3) is 1.57. The Morgan fingerprint density at radius 2 is 2.27 bits per heavy atom. The van der Waals surface area contributed by atoms with Crippen LogP contribution in [0.25, 0.3) is 0 Å². The molecule has 0 N–H and O–H groups in total. The molecule has 0 aromatic rings. The molecule has 0 aromatic heterocycles. The molecule has 1 aliphatic carbocycles. The summed E-state index contributed by atoms with van der Waals surface area (Å²) in [6, 6.07) is 0.743. The molecule has 0 radical (unpaired) electrons. The highest BCUT2D eigenvalue weighted by Gasteiger charge is 2.29. The number of hydrogen-bond acceptors (Lipinski definition) is 2. The minimum atomic E-state index is 0.743. The van der Waals surface area contributed by atoms with E-state index in [0.29, 0.717) is 0 Å². The van der Waals surface area contributed by atoms with E-state index in [9.17, 15) is 0 Å². The van der Waals surface area contributed by atoms with Crippen molar-refractivity contribution in [1.29, 1.82) is 0 Å². The second-order valence-electron chi connectivity index (χ2n) is 3.90. The monoisotopic (exact) mass is 155 g/mol. The average molecular weight is 155 g/mol. The molecule has 0 aromatic carbocycles. The quantitative estimate of drug-likeness (QED) is 0.572. The normalized spacial score (nSPS) is 40.1. The summed E-state index contributed by atoms with van der Waals surface area (Å²) >= 11 is 0. The molecule has 0 spiro atoms. The van der Waals surface area contributed by atoms with Crippen LogP contribution in [-0.2, 0) is 4.84 Å². The van der Waals surface area contributed by atoms with Crippen molar-refractivity contribution in [1.82, 2.24) is 5.06 Å². The molecule has 2 nitrogen and oxygen atoms in total. The highest BCUT2D eigenvalue weighted by molar-refractivity contribution is 4.78. The van der Waals surface area contributed by atoms with Crippen LogP contribution in [-0.4, -0.2) is 24.3 Å². The van der Waals surface area contributed by atoms with Crippen LogP contribution in [0.3, 0.4) is 0 Å². The summed E-state index contributed by atoms with van der Waals surface area (Å²) in [7, 11) is 0. The van der Waals surface area contributed by atoms with E-state index in [4.69, 9.17) is 4.84 Å². The molecule has 0 unspecified atom stereocenters. The molecule has 1 saturated heterocycles. The van der Waals surface area contributed by atoms with Crippen molar-refractivity contribution >= 4 is 0 Å². The van der Waals surface area contributed by atoms with Gasteiger partial charge < -0.3 is 0 Å². The van der Waals surface area contributed by atoms with Gasteiger partial charge in [0.25, 0.3) is 0 Å². The van der Waals surface area contributed by atoms with Crippen LogP contribution >= 0.6 is 0 Å². The van der Waals surface area contributed by atoms with Crippen LogP contribution in [0.15, 0.2) is 0 Å². The van der Waals surface area contributed by atoms with Gasteiger partial charge in [0.15, 0.2) is 0 Å². The Kier molecular flexibility index (Phi) is 2.14. The van der Waals surface area contributed by atoms with Gasteiger partial charge in [-0.25, -0.2) is 0 Å². The van der Waals surface area contributed by atoms with Crippen molar-refractivity contribution in [3.63, 3.8) is 0 Å². The van der Waals surface area contributed by atoms with E-state index in [-0.39, 0.29) is 0 Å². The zero-order chi connectivity index (χ0) is 7.68. The van der Waals surface area contributed by atoms with Gasteiger partial charge in [0, 0.05) is 12.6 Å². The maximum absolute atomic E-state index is 5.52. The van der Waals surface area contributed by atoms with Crippen molar-refractivity contribution in [2.24, 2.45) is 5.92 Å². The summed E-state index contributed by atoms with van der Waals surface area (Å²) in [5, 5.41) is 2.21. The fourth-order valence-electron chi connectivity index (χ4n) is 2.19. The summed E-state index contributed by atoms with van der Waals surface area (Å²) < 4.78 is 0. The van der Waals surface area contributed by atoms with Crippen LogP contribution < -0.4 is 0 Å². The fourth-order valence-corrected chi connectivity index (χ4v) is 2.19. The third-order valence-electron chi connectivity index (χ3n) is 2.85. The summed E-state index contributed by atoms with van der Waals surface area (Å²) in [5.74, 6) is 0.921. The third-order valence-corrected chi connectivity index (χ3v) is 2.85. The lowest BCUT2D eigenvalue weighted by molar-refractivity contribution is -0.139. The Balaban J connectivity index is 1.85. The molecule has 64 valence electrons. The average Bonchev–Trinajstić information content (AvgIpc) is 2.55. The zero-order valence-electron chi connectivity index (χ0n) is 7.25. The summed E-state index contributed by atoms with van der Waals surface area (Å²) in [6.07, 6.45) is 5.32. The second-order valence-corrected chi connectivity index (χ2v) is 3.90. The number of hydrogen-bond donors (Lipinski definition) is 0. The summed E-state index contributed by atoms with van der Waals surface area (Å²) in [4.78, 5) is 5.52. The van der Waals surface area contributed by atoms with Gasteiger partial charge in [-0.2, -0.15) is 5.06 Å². The largest absolute Gasteiger partial charge is 0.299 e. The summed E-state index contributed by atoms with van der Waals surface area (Å²) in [6.45, 7) is 4.46. The van der Waals surface area contributed by atoms with E-state index in [1.54, 1.807) is 0 Å². The molecule has 2 fully saturated rings. The van der Waals surface area contributed by atoms with Gasteiger partial charge >= 0.3 is 0 Å². The minimum absolute atomic E-state index is 0.743. The molecule has 0 amide bonds. The van der Waals surface area contributed by atoms with Crippen LogP contribution in [0, 0.1) is 5.92 Å². The van der Waals surface area contributed by atoms with Crippen molar-refractivity contribution in [2.75, 3.05) is 13.2 Å². The van der Waals surface area contributed by atoms with Crippen LogP contribution in [0.4, 0.5) is 0 Å². The Bertz CT molecular complexity index is 132. The Morgan fingerprint density at radius 1 is 1.36 bits per heavy atom. The Labute approximate surface area is 68.5 Å². The van der Waals surface area contributed by atoms with Crippen molar-refractivity contribution in [3.05, 3.63) is 0 Å². The molecule has 11 heavy (non-hydrogen) atoms. The lowest BCUT2D eigenvalue weighted by Crippen LogP contribution is -2.29. The standard InChI is InChI=1S/C9H17NO/c1-8-3-4-9(7-8)10-5-2-6-11-10/h8-9H,2-7H2,1H3/t8-,9+/m1/s1. The predicted octanol–water partition coefficient (Wildman–Crippen LogP) is 1.81. The van der Waals surface area contributed by atoms with Gasteiger partial charge in [-0.15, -0.1) is 0 Å². The lowest BCUT2D eigenvalue weighted by atomic mass is 10.1. The van der Waals surface area contributed by atoms with E-state index in [1.165, 1.54) is 25.7 Å². The first-order valence-electron chi connectivity index (χ1n) is 4.76. The molecule has 0 bridgehead atoms. The van der Waals surface area contributed by atoms with Gasteiger partial charge in [-0.05, 0) is 31.6 Å². The van der Waals surface area contributed by atoms with Crippen LogP contribution in [0.1, 0.15) is 32.6 Å². The number of hydroxylamine groups is 2. The van der Waals surface area contributed by atoms with Crippen LogP contribution in [0.5, 0.6) is 0 Å². The van der Waals surface area contributed by atoms with E-state index in [0.717, 1.165) is 25.1 Å². The molecular formula is C9H17NO. The maximum Gasteiger partial charge on any atom is 0.0698 e. The smallest absolute Gasteiger partial charge is 0.0698 e. The van der Waals surface area contributed by atoms with Gasteiger partial charge in [0.1, 0.15) is 0 Å². The van der Waals surface area contributed by atoms with Gasteiger partial charge in [0.05, 0.1) is 6.61 Å². The molecule has 1 heterocycles. The molecular weight excluding hydrogens is 138 g/mol. The Hall–Kier alpha value is -0.0800. The number of rotatable bonds is 1. The highest BCUT2D eigenvalue weighted by atomic mass is 16.7. The molecule has 2 aliphatic rings. The first-order valence-corrected chi connectivity index (χ1v) is 4.76. The predicted molar refractivity (Wildman–Crippen MR) is 44.1 cm³/mol. The fraction of sp³-hybridized carbons (Fsp3) is 1.00. The Morgan fingerprint density at radius 3 is 2.82 bits per heavy atom. The van der Waals surface area contributed by atoms with E-state index in [1.807, 2.05) is 0 Å². The van der Waals surface area contributed by atoms with E-state index in [2.05, 4.69) is 12.0 Å². The van der Waals surface area contributed by atoms with Crippen molar-refractivity contribution in [3.8, 4) is 0 Å². The minimum Gasteiger partial charge on any atom is -0.299 e. The van der Waals surface area contributed by atoms with Crippen molar-refractivity contribution < 1.29 is 4.84 Å². The van der Waals surface area contributed by atoms with E-state index >= 15 is 0 Å². The topological polar surface area (TPSA) is 12.5 Å². The second kappa shape index (κ2) is 3.11. The molecule has 2 atom stereocenters. The first-order chi connectivity index (χ1) is 5.36. The molecule has 2 rings (SSSR count). The van der Waals surface area contributed by atoms with Gasteiger partial charge in [-0.1, -0.05) is 6.92 Å². The number of nitrogens with zero attached hydrogens (tertiary/aromatic N) is 1. The molecule has 1 saturated carbocycles. The van der Waals surface area contributed by atoms with Gasteiger partial charge in [-0.3, -0.25) is 4.84 Å². The maximum atomic E-state index is 5.52. The highest BCUT2D eigenvalue weighted by Crippen LogP contribution is 2.30. The molecule has 1 aliphatic heterocycles. The zero-order valence-corrected chi connectivity index (χ0v) is 7.25. The van der Waals surface area contributed by atoms with Gasteiger partial charge in [0.2, 0.25) is 0 Å². The van der Waals surface area contributed by atoms with Crippen LogP contribution in [0.2, 0.25) is 0 Å².